The number of anilines is 1. The SMILES string of the molecule is C=CCNC(=O)/C=C(/C)C(=O)Nc1ccc(C(C)=O)cc1. The van der Waals surface area contributed by atoms with Crippen molar-refractivity contribution in [3.05, 3.63) is 54.1 Å². The van der Waals surface area contributed by atoms with Crippen LogP contribution in [0.15, 0.2) is 48.6 Å². The molecule has 1 aromatic carbocycles. The van der Waals surface area contributed by atoms with E-state index in [0.717, 1.165) is 0 Å². The second-order valence-corrected chi connectivity index (χ2v) is 4.45. The van der Waals surface area contributed by atoms with Crippen molar-refractivity contribution in [1.82, 2.24) is 5.32 Å². The van der Waals surface area contributed by atoms with Crippen LogP contribution in [0.4, 0.5) is 5.69 Å². The van der Waals surface area contributed by atoms with Crippen molar-refractivity contribution >= 4 is 23.3 Å². The van der Waals surface area contributed by atoms with E-state index in [9.17, 15) is 14.4 Å². The van der Waals surface area contributed by atoms with Crippen LogP contribution in [0.2, 0.25) is 0 Å². The van der Waals surface area contributed by atoms with Gasteiger partial charge in [-0.3, -0.25) is 14.4 Å². The fraction of sp³-hybridized carbons (Fsp3) is 0.188. The van der Waals surface area contributed by atoms with Crippen molar-refractivity contribution in [3.63, 3.8) is 0 Å². The largest absolute Gasteiger partial charge is 0.349 e. The van der Waals surface area contributed by atoms with Crippen LogP contribution < -0.4 is 10.6 Å². The quantitative estimate of drug-likeness (QED) is 0.477. The number of carbonyl (C=O) groups is 3. The molecular weight excluding hydrogens is 268 g/mol. The summed E-state index contributed by atoms with van der Waals surface area (Å²) in [5.74, 6) is -0.767. The lowest BCUT2D eigenvalue weighted by molar-refractivity contribution is -0.117. The lowest BCUT2D eigenvalue weighted by atomic mass is 10.1. The van der Waals surface area contributed by atoms with E-state index < -0.39 is 0 Å². The molecule has 0 aliphatic heterocycles. The van der Waals surface area contributed by atoms with Gasteiger partial charge in [-0.15, -0.1) is 6.58 Å². The van der Waals surface area contributed by atoms with Gasteiger partial charge in [-0.25, -0.2) is 0 Å². The molecule has 5 nitrogen and oxygen atoms in total. The molecule has 0 aromatic heterocycles. The summed E-state index contributed by atoms with van der Waals surface area (Å²) in [6, 6.07) is 6.54. The molecule has 0 saturated carbocycles. The van der Waals surface area contributed by atoms with Crippen LogP contribution >= 0.6 is 0 Å². The van der Waals surface area contributed by atoms with Crippen LogP contribution in [-0.4, -0.2) is 24.1 Å². The van der Waals surface area contributed by atoms with Gasteiger partial charge in [0.25, 0.3) is 5.91 Å². The third-order valence-electron chi connectivity index (χ3n) is 2.68. The Labute approximate surface area is 123 Å². The van der Waals surface area contributed by atoms with E-state index in [1.165, 1.54) is 13.0 Å². The van der Waals surface area contributed by atoms with E-state index >= 15 is 0 Å². The maximum atomic E-state index is 11.9. The van der Waals surface area contributed by atoms with Crippen molar-refractivity contribution in [3.8, 4) is 0 Å². The summed E-state index contributed by atoms with van der Waals surface area (Å²) in [7, 11) is 0. The van der Waals surface area contributed by atoms with Crippen LogP contribution in [0, 0.1) is 0 Å². The summed E-state index contributed by atoms with van der Waals surface area (Å²) in [6.07, 6.45) is 2.78. The Bertz CT molecular complexity index is 586. The van der Waals surface area contributed by atoms with E-state index in [1.807, 2.05) is 0 Å². The Morgan fingerprint density at radius 2 is 1.76 bits per heavy atom. The fourth-order valence-corrected chi connectivity index (χ4v) is 1.50. The highest BCUT2D eigenvalue weighted by molar-refractivity contribution is 6.07. The summed E-state index contributed by atoms with van der Waals surface area (Å²) in [5.41, 5.74) is 1.42. The molecule has 0 fully saturated rings. The Morgan fingerprint density at radius 1 is 1.14 bits per heavy atom. The van der Waals surface area contributed by atoms with Crippen LogP contribution in [0.25, 0.3) is 0 Å². The van der Waals surface area contributed by atoms with E-state index in [-0.39, 0.29) is 23.2 Å². The van der Waals surface area contributed by atoms with Gasteiger partial charge in [0.2, 0.25) is 5.91 Å². The van der Waals surface area contributed by atoms with Crippen molar-refractivity contribution < 1.29 is 14.4 Å². The lowest BCUT2D eigenvalue weighted by Crippen LogP contribution is -2.22. The van der Waals surface area contributed by atoms with Crippen LogP contribution in [0.5, 0.6) is 0 Å². The van der Waals surface area contributed by atoms with Gasteiger partial charge < -0.3 is 10.6 Å². The Hall–Kier alpha value is -2.69. The summed E-state index contributed by atoms with van der Waals surface area (Å²) in [6.45, 7) is 6.85. The summed E-state index contributed by atoms with van der Waals surface area (Å²) in [5, 5.41) is 5.20. The lowest BCUT2D eigenvalue weighted by Gasteiger charge is -2.06. The van der Waals surface area contributed by atoms with Gasteiger partial charge in [0.1, 0.15) is 0 Å². The van der Waals surface area contributed by atoms with Crippen LogP contribution in [-0.2, 0) is 9.59 Å². The molecule has 0 unspecified atom stereocenters. The van der Waals surface area contributed by atoms with Crippen LogP contribution in [0.3, 0.4) is 0 Å². The monoisotopic (exact) mass is 286 g/mol. The molecule has 0 saturated heterocycles. The second kappa shape index (κ2) is 7.79. The molecule has 0 bridgehead atoms. The third kappa shape index (κ3) is 5.44. The zero-order valence-corrected chi connectivity index (χ0v) is 12.1. The van der Waals surface area contributed by atoms with Gasteiger partial charge in [0.15, 0.2) is 5.78 Å². The second-order valence-electron chi connectivity index (χ2n) is 4.45. The molecule has 0 heterocycles. The van der Waals surface area contributed by atoms with E-state index in [4.69, 9.17) is 0 Å². The minimum absolute atomic E-state index is 0.0390. The molecule has 0 aliphatic carbocycles. The van der Waals surface area contributed by atoms with E-state index in [0.29, 0.717) is 17.8 Å². The number of rotatable bonds is 6. The first-order valence-electron chi connectivity index (χ1n) is 6.43. The number of amides is 2. The van der Waals surface area contributed by atoms with Crippen molar-refractivity contribution in [2.75, 3.05) is 11.9 Å². The predicted molar refractivity (Wildman–Crippen MR) is 82.0 cm³/mol. The predicted octanol–water partition coefficient (Wildman–Crippen LogP) is 2.08. The van der Waals surface area contributed by atoms with Gasteiger partial charge in [-0.05, 0) is 38.1 Å². The number of ketones is 1. The smallest absolute Gasteiger partial charge is 0.251 e. The first kappa shape index (κ1) is 16.4. The minimum Gasteiger partial charge on any atom is -0.349 e. The Morgan fingerprint density at radius 3 is 2.29 bits per heavy atom. The molecule has 110 valence electrons. The number of hydrogen-bond acceptors (Lipinski definition) is 3. The standard InChI is InChI=1S/C16H18N2O3/c1-4-9-17-15(20)10-11(2)16(21)18-14-7-5-13(6-8-14)12(3)19/h4-8,10H,1,9H2,2-3H3,(H,17,20)(H,18,21)/b11-10-. The molecule has 0 aliphatic rings. The zero-order chi connectivity index (χ0) is 15.8. The maximum absolute atomic E-state index is 11.9. The summed E-state index contributed by atoms with van der Waals surface area (Å²) >= 11 is 0. The number of benzene rings is 1. The molecule has 2 N–H and O–H groups in total. The highest BCUT2D eigenvalue weighted by Gasteiger charge is 2.07. The zero-order valence-electron chi connectivity index (χ0n) is 12.1. The highest BCUT2D eigenvalue weighted by Crippen LogP contribution is 2.11. The molecule has 0 radical (unpaired) electrons. The fourth-order valence-electron chi connectivity index (χ4n) is 1.50. The van der Waals surface area contributed by atoms with E-state index in [2.05, 4.69) is 17.2 Å². The van der Waals surface area contributed by atoms with Gasteiger partial charge in [-0.2, -0.15) is 0 Å². The first-order valence-corrected chi connectivity index (χ1v) is 6.43. The average molecular weight is 286 g/mol. The van der Waals surface area contributed by atoms with Gasteiger partial charge in [0.05, 0.1) is 0 Å². The van der Waals surface area contributed by atoms with Crippen molar-refractivity contribution in [1.29, 1.82) is 0 Å². The summed E-state index contributed by atoms with van der Waals surface area (Å²) in [4.78, 5) is 34.5. The number of Topliss-reactive ketones (excluding diaryl/α,β-unsaturated/α-hetero) is 1. The molecule has 2 amide bonds. The molecule has 1 aromatic rings. The molecule has 5 heteroatoms. The first-order chi connectivity index (χ1) is 9.93. The van der Waals surface area contributed by atoms with Crippen molar-refractivity contribution in [2.45, 2.75) is 13.8 Å². The molecule has 1 rings (SSSR count). The van der Waals surface area contributed by atoms with Gasteiger partial charge in [0, 0.05) is 29.4 Å². The number of carbonyl (C=O) groups excluding carboxylic acids is 3. The Kier molecular flexibility index (Phi) is 6.07. The summed E-state index contributed by atoms with van der Waals surface area (Å²) < 4.78 is 0. The molecular formula is C16H18N2O3. The normalized spacial score (nSPS) is 10.7. The molecule has 21 heavy (non-hydrogen) atoms. The molecule has 0 atom stereocenters. The number of hydrogen-bond donors (Lipinski definition) is 2. The van der Waals surface area contributed by atoms with Crippen molar-refractivity contribution in [2.24, 2.45) is 0 Å². The minimum atomic E-state index is -0.376. The van der Waals surface area contributed by atoms with E-state index in [1.54, 1.807) is 37.3 Å². The highest BCUT2D eigenvalue weighted by atomic mass is 16.2. The topological polar surface area (TPSA) is 75.3 Å². The molecule has 0 spiro atoms. The van der Waals surface area contributed by atoms with Gasteiger partial charge in [-0.1, -0.05) is 6.08 Å². The van der Waals surface area contributed by atoms with Gasteiger partial charge >= 0.3 is 0 Å². The average Bonchev–Trinajstić information content (AvgIpc) is 2.45. The number of nitrogens with one attached hydrogen (secondary N) is 2. The Balaban J connectivity index is 2.67. The maximum Gasteiger partial charge on any atom is 0.251 e. The third-order valence-corrected chi connectivity index (χ3v) is 2.68. The van der Waals surface area contributed by atoms with Crippen LogP contribution in [0.1, 0.15) is 24.2 Å².